The molecule has 0 saturated carbocycles. The van der Waals surface area contributed by atoms with Crippen LogP contribution in [-0.2, 0) is 0 Å². The molecule has 0 radical (unpaired) electrons. The van der Waals surface area contributed by atoms with Crippen LogP contribution < -0.4 is 0 Å². The Morgan fingerprint density at radius 3 is 2.40 bits per heavy atom. The zero-order valence-corrected chi connectivity index (χ0v) is 7.30. The zero-order valence-electron chi connectivity index (χ0n) is 7.30. The van der Waals surface area contributed by atoms with E-state index in [-0.39, 0.29) is 0 Å². The lowest BCUT2D eigenvalue weighted by Gasteiger charge is -2.15. The van der Waals surface area contributed by atoms with Crippen LogP contribution in [0, 0.1) is 5.92 Å². The Bertz CT molecular complexity index is 73.7. The summed E-state index contributed by atoms with van der Waals surface area (Å²) in [5, 5.41) is 8.54. The van der Waals surface area contributed by atoms with Crippen molar-refractivity contribution >= 4 is 0 Å². The second-order valence-electron chi connectivity index (χ2n) is 3.23. The summed E-state index contributed by atoms with van der Waals surface area (Å²) in [5.41, 5.74) is 0. The minimum atomic E-state index is 0.331. The van der Waals surface area contributed by atoms with Gasteiger partial charge in [-0.15, -0.1) is 0 Å². The summed E-state index contributed by atoms with van der Waals surface area (Å²) in [6, 6.07) is 0. The maximum Gasteiger partial charge on any atom is 0.0431 e. The molecule has 0 aliphatic heterocycles. The molecule has 0 heterocycles. The van der Waals surface area contributed by atoms with E-state index in [1.807, 2.05) is 0 Å². The highest BCUT2D eigenvalue weighted by Crippen LogP contribution is 2.04. The molecule has 0 aromatic carbocycles. The average molecular weight is 145 g/mol. The van der Waals surface area contributed by atoms with E-state index >= 15 is 0 Å². The van der Waals surface area contributed by atoms with Gasteiger partial charge in [-0.05, 0) is 32.9 Å². The van der Waals surface area contributed by atoms with Crippen LogP contribution in [0.5, 0.6) is 0 Å². The zero-order chi connectivity index (χ0) is 7.98. The third kappa shape index (κ3) is 6.05. The van der Waals surface area contributed by atoms with Crippen molar-refractivity contribution in [1.82, 2.24) is 4.90 Å². The lowest BCUT2D eigenvalue weighted by atomic mass is 10.1. The molecule has 0 spiro atoms. The third-order valence-corrected chi connectivity index (χ3v) is 1.53. The van der Waals surface area contributed by atoms with Gasteiger partial charge in [-0.1, -0.05) is 6.92 Å². The normalized spacial score (nSPS) is 14.1. The van der Waals surface area contributed by atoms with Crippen LogP contribution in [-0.4, -0.2) is 37.3 Å². The fourth-order valence-electron chi connectivity index (χ4n) is 1.15. The molecule has 0 amide bonds. The molecule has 0 aromatic heterocycles. The lowest BCUT2D eigenvalue weighted by molar-refractivity contribution is 0.258. The summed E-state index contributed by atoms with van der Waals surface area (Å²) in [6.07, 6.45) is 2.07. The van der Waals surface area contributed by atoms with Crippen LogP contribution in [0.2, 0.25) is 0 Å². The van der Waals surface area contributed by atoms with E-state index < -0.39 is 0 Å². The number of hydrogen-bond donors (Lipinski definition) is 1. The number of aliphatic hydroxyl groups excluding tert-OH is 1. The largest absolute Gasteiger partial charge is 0.396 e. The maximum atomic E-state index is 8.54. The fourth-order valence-corrected chi connectivity index (χ4v) is 1.15. The van der Waals surface area contributed by atoms with E-state index in [0.717, 1.165) is 19.4 Å². The van der Waals surface area contributed by atoms with E-state index in [9.17, 15) is 0 Å². The van der Waals surface area contributed by atoms with E-state index in [4.69, 9.17) is 5.11 Å². The molecular formula is C8H19NO. The molecule has 1 N–H and O–H groups in total. The Morgan fingerprint density at radius 1 is 1.40 bits per heavy atom. The van der Waals surface area contributed by atoms with Gasteiger partial charge in [-0.25, -0.2) is 0 Å². The number of aliphatic hydroxyl groups is 1. The molecule has 2 heteroatoms. The predicted octanol–water partition coefficient (Wildman–Crippen LogP) is 0.957. The fraction of sp³-hybridized carbons (Fsp3) is 1.00. The maximum absolute atomic E-state index is 8.54. The summed E-state index contributed by atoms with van der Waals surface area (Å²) in [6.45, 7) is 3.67. The molecular weight excluding hydrogens is 126 g/mol. The highest BCUT2D eigenvalue weighted by Gasteiger charge is 2.01. The van der Waals surface area contributed by atoms with Crippen molar-refractivity contribution in [3.8, 4) is 0 Å². The van der Waals surface area contributed by atoms with Gasteiger partial charge in [0.1, 0.15) is 0 Å². The molecule has 1 unspecified atom stereocenters. The standard InChI is InChI=1S/C8H19NO/c1-8(5-4-6-10)7-9(2)3/h8,10H,4-7H2,1-3H3. The van der Waals surface area contributed by atoms with Gasteiger partial charge in [0.15, 0.2) is 0 Å². The van der Waals surface area contributed by atoms with Crippen molar-refractivity contribution < 1.29 is 5.11 Å². The Kier molecular flexibility index (Phi) is 5.64. The summed E-state index contributed by atoms with van der Waals surface area (Å²) < 4.78 is 0. The van der Waals surface area contributed by atoms with E-state index in [1.54, 1.807) is 0 Å². The molecule has 2 nitrogen and oxygen atoms in total. The highest BCUT2D eigenvalue weighted by atomic mass is 16.2. The number of hydrogen-bond acceptors (Lipinski definition) is 2. The molecule has 0 bridgehead atoms. The molecule has 0 aliphatic rings. The minimum absolute atomic E-state index is 0.331. The van der Waals surface area contributed by atoms with Gasteiger partial charge < -0.3 is 10.0 Å². The Labute approximate surface area is 63.8 Å². The lowest BCUT2D eigenvalue weighted by Crippen LogP contribution is -2.19. The van der Waals surface area contributed by atoms with E-state index in [1.165, 1.54) is 0 Å². The summed E-state index contributed by atoms with van der Waals surface area (Å²) in [4.78, 5) is 2.18. The Hall–Kier alpha value is -0.0800. The molecule has 62 valence electrons. The van der Waals surface area contributed by atoms with Gasteiger partial charge in [0.25, 0.3) is 0 Å². The minimum Gasteiger partial charge on any atom is -0.396 e. The van der Waals surface area contributed by atoms with Crippen LogP contribution in [0.4, 0.5) is 0 Å². The van der Waals surface area contributed by atoms with Crippen LogP contribution in [0.15, 0.2) is 0 Å². The average Bonchev–Trinajstić information content (AvgIpc) is 1.82. The first kappa shape index (κ1) is 9.92. The number of nitrogens with zero attached hydrogens (tertiary/aromatic N) is 1. The van der Waals surface area contributed by atoms with Crippen molar-refractivity contribution in [2.45, 2.75) is 19.8 Å². The van der Waals surface area contributed by atoms with Gasteiger partial charge in [-0.3, -0.25) is 0 Å². The smallest absolute Gasteiger partial charge is 0.0431 e. The van der Waals surface area contributed by atoms with Crippen LogP contribution >= 0.6 is 0 Å². The second-order valence-corrected chi connectivity index (χ2v) is 3.23. The summed E-state index contributed by atoms with van der Waals surface area (Å²) in [5.74, 6) is 0.710. The van der Waals surface area contributed by atoms with Crippen molar-refractivity contribution in [2.75, 3.05) is 27.2 Å². The first-order valence-electron chi connectivity index (χ1n) is 3.92. The SMILES string of the molecule is CC(CCCO)CN(C)C. The highest BCUT2D eigenvalue weighted by molar-refractivity contribution is 4.55. The summed E-state index contributed by atoms with van der Waals surface area (Å²) >= 11 is 0. The monoisotopic (exact) mass is 145 g/mol. The van der Waals surface area contributed by atoms with Gasteiger partial charge in [0.2, 0.25) is 0 Å². The first-order chi connectivity index (χ1) is 4.66. The molecule has 1 atom stereocenters. The Balaban J connectivity index is 3.16. The second kappa shape index (κ2) is 5.69. The van der Waals surface area contributed by atoms with Gasteiger partial charge >= 0.3 is 0 Å². The first-order valence-corrected chi connectivity index (χ1v) is 3.92. The van der Waals surface area contributed by atoms with Crippen LogP contribution in [0.1, 0.15) is 19.8 Å². The van der Waals surface area contributed by atoms with Crippen LogP contribution in [0.25, 0.3) is 0 Å². The molecule has 0 fully saturated rings. The van der Waals surface area contributed by atoms with Crippen molar-refractivity contribution in [3.63, 3.8) is 0 Å². The molecule has 0 rings (SSSR count). The van der Waals surface area contributed by atoms with Gasteiger partial charge in [0, 0.05) is 13.2 Å². The van der Waals surface area contributed by atoms with Gasteiger partial charge in [-0.2, -0.15) is 0 Å². The Morgan fingerprint density at radius 2 is 2.00 bits per heavy atom. The summed E-state index contributed by atoms with van der Waals surface area (Å²) in [7, 11) is 4.16. The predicted molar refractivity (Wildman–Crippen MR) is 44.0 cm³/mol. The van der Waals surface area contributed by atoms with Gasteiger partial charge in [0.05, 0.1) is 0 Å². The quantitative estimate of drug-likeness (QED) is 0.623. The van der Waals surface area contributed by atoms with Crippen molar-refractivity contribution in [3.05, 3.63) is 0 Å². The third-order valence-electron chi connectivity index (χ3n) is 1.53. The van der Waals surface area contributed by atoms with Crippen molar-refractivity contribution in [1.29, 1.82) is 0 Å². The molecule has 10 heavy (non-hydrogen) atoms. The molecule has 0 saturated heterocycles. The van der Waals surface area contributed by atoms with Crippen LogP contribution in [0.3, 0.4) is 0 Å². The molecule has 0 aromatic rings. The number of rotatable bonds is 5. The van der Waals surface area contributed by atoms with Crippen molar-refractivity contribution in [2.24, 2.45) is 5.92 Å². The van der Waals surface area contributed by atoms with E-state index in [0.29, 0.717) is 12.5 Å². The molecule has 0 aliphatic carbocycles. The van der Waals surface area contributed by atoms with E-state index in [2.05, 4.69) is 25.9 Å². The topological polar surface area (TPSA) is 23.5 Å².